The van der Waals surface area contributed by atoms with E-state index in [2.05, 4.69) is 97.9 Å². The smallest absolute Gasteiger partial charge is 0.239 e. The fourth-order valence-electron chi connectivity index (χ4n) is 3.95. The van der Waals surface area contributed by atoms with Crippen LogP contribution in [0, 0.1) is 0 Å². The Kier molecular flexibility index (Phi) is 8.11. The van der Waals surface area contributed by atoms with Crippen molar-refractivity contribution in [2.24, 2.45) is 0 Å². The van der Waals surface area contributed by atoms with Crippen LogP contribution in [-0.2, 0) is 0 Å². The predicted molar refractivity (Wildman–Crippen MR) is 147 cm³/mol. The van der Waals surface area contributed by atoms with Crippen LogP contribution in [0.15, 0.2) is 91.0 Å². The summed E-state index contributed by atoms with van der Waals surface area (Å²) in [5.74, 6) is 1.59. The molecule has 4 rings (SSSR count). The van der Waals surface area contributed by atoms with Crippen molar-refractivity contribution in [1.82, 2.24) is 0 Å². The molecule has 172 valence electrons. The zero-order valence-corrected chi connectivity index (χ0v) is 20.9. The molecule has 0 unspecified atom stereocenters. The maximum Gasteiger partial charge on any atom is 0.239 e. The van der Waals surface area contributed by atoms with Gasteiger partial charge in [0.25, 0.3) is 0 Å². The lowest BCUT2D eigenvalue weighted by Gasteiger charge is -2.13. The first kappa shape index (κ1) is 23.7. The van der Waals surface area contributed by atoms with Crippen molar-refractivity contribution in [3.63, 3.8) is 0 Å². The molecule has 0 aliphatic carbocycles. The third kappa shape index (κ3) is 5.73. The van der Waals surface area contributed by atoms with Gasteiger partial charge in [-0.1, -0.05) is 61.5 Å². The molecule has 0 fully saturated rings. The number of hydrogen-bond donors (Lipinski definition) is 0. The van der Waals surface area contributed by atoms with Crippen molar-refractivity contribution >= 4 is 23.0 Å². The molecular formula is C31H31O2S+. The molecule has 0 saturated carbocycles. The molecule has 0 N–H and O–H groups in total. The molecule has 0 atom stereocenters. The maximum atomic E-state index is 5.88. The summed E-state index contributed by atoms with van der Waals surface area (Å²) in [6.07, 6.45) is 3.23. The van der Waals surface area contributed by atoms with Gasteiger partial charge in [-0.2, -0.15) is 0 Å². The fraction of sp³-hybridized carbons (Fsp3) is 0.194. The van der Waals surface area contributed by atoms with Crippen LogP contribution in [0.5, 0.6) is 11.5 Å². The summed E-state index contributed by atoms with van der Waals surface area (Å²) in [5, 5.41) is 0. The molecule has 0 saturated heterocycles. The lowest BCUT2D eigenvalue weighted by Crippen LogP contribution is -1.99. The van der Waals surface area contributed by atoms with Gasteiger partial charge in [0.15, 0.2) is 11.5 Å². The molecule has 4 aromatic rings. The Labute approximate surface area is 207 Å². The quantitative estimate of drug-likeness (QED) is 0.228. The average Bonchev–Trinajstić information content (AvgIpc) is 2.89. The van der Waals surface area contributed by atoms with E-state index in [-0.39, 0.29) is 0 Å². The van der Waals surface area contributed by atoms with Crippen LogP contribution in [0.25, 0.3) is 33.2 Å². The topological polar surface area (TPSA) is 18.5 Å². The van der Waals surface area contributed by atoms with E-state index in [0.29, 0.717) is 13.2 Å². The SMILES string of the molecule is CCOc1ccc(C(=Cc2cc(-c3ccccc3)cc(-c3ccccc3)[s+]2)CC)cc1OCC. The van der Waals surface area contributed by atoms with E-state index in [1.807, 2.05) is 31.3 Å². The van der Waals surface area contributed by atoms with E-state index < -0.39 is 0 Å². The molecule has 1 aromatic heterocycles. The second kappa shape index (κ2) is 11.6. The number of benzene rings is 3. The van der Waals surface area contributed by atoms with Gasteiger partial charge in [-0.3, -0.25) is 0 Å². The first-order valence-electron chi connectivity index (χ1n) is 11.9. The molecule has 0 bridgehead atoms. The summed E-state index contributed by atoms with van der Waals surface area (Å²) in [6.45, 7) is 7.42. The van der Waals surface area contributed by atoms with Gasteiger partial charge in [-0.15, -0.1) is 0 Å². The highest BCUT2D eigenvalue weighted by Gasteiger charge is 2.18. The van der Waals surface area contributed by atoms with Crippen LogP contribution in [0.1, 0.15) is 37.6 Å². The summed E-state index contributed by atoms with van der Waals surface area (Å²) in [5.41, 5.74) is 6.11. The zero-order valence-electron chi connectivity index (χ0n) is 20.1. The van der Waals surface area contributed by atoms with E-state index in [0.717, 1.165) is 23.5 Å². The first-order chi connectivity index (χ1) is 16.7. The highest BCUT2D eigenvalue weighted by atomic mass is 32.1. The molecule has 0 spiro atoms. The Bertz CT molecular complexity index is 1190. The fourth-order valence-corrected chi connectivity index (χ4v) is 5.03. The van der Waals surface area contributed by atoms with Gasteiger partial charge in [-0.05, 0) is 66.8 Å². The van der Waals surface area contributed by atoms with Gasteiger partial charge in [0.2, 0.25) is 21.1 Å². The molecule has 0 aliphatic rings. The summed E-state index contributed by atoms with van der Waals surface area (Å²) < 4.78 is 11.6. The molecule has 34 heavy (non-hydrogen) atoms. The van der Waals surface area contributed by atoms with Gasteiger partial charge in [-0.25, -0.2) is 0 Å². The van der Waals surface area contributed by atoms with Crippen LogP contribution in [0.4, 0.5) is 0 Å². The molecule has 0 radical (unpaired) electrons. The monoisotopic (exact) mass is 467 g/mol. The van der Waals surface area contributed by atoms with E-state index in [1.54, 1.807) is 0 Å². The molecule has 3 aromatic carbocycles. The Hall–Kier alpha value is -3.43. The molecule has 3 heteroatoms. The van der Waals surface area contributed by atoms with Gasteiger partial charge in [0.1, 0.15) is 0 Å². The molecule has 1 heterocycles. The van der Waals surface area contributed by atoms with Crippen molar-refractivity contribution in [3.05, 3.63) is 101 Å². The molecule has 0 amide bonds. The highest BCUT2D eigenvalue weighted by Crippen LogP contribution is 2.36. The van der Waals surface area contributed by atoms with E-state index in [9.17, 15) is 0 Å². The Morgan fingerprint density at radius 3 is 1.97 bits per heavy atom. The summed E-state index contributed by atoms with van der Waals surface area (Å²) >= 11 is 1.82. The number of allylic oxidation sites excluding steroid dienone is 1. The van der Waals surface area contributed by atoms with Crippen LogP contribution >= 0.6 is 11.3 Å². The van der Waals surface area contributed by atoms with Crippen LogP contribution in [-0.4, -0.2) is 13.2 Å². The highest BCUT2D eigenvalue weighted by molar-refractivity contribution is 7.16. The van der Waals surface area contributed by atoms with Crippen molar-refractivity contribution in [2.75, 3.05) is 13.2 Å². The molecule has 2 nitrogen and oxygen atoms in total. The summed E-state index contributed by atoms with van der Waals surface area (Å²) in [4.78, 5) is 2.48. The van der Waals surface area contributed by atoms with E-state index in [1.165, 1.54) is 32.0 Å². The van der Waals surface area contributed by atoms with Crippen molar-refractivity contribution in [2.45, 2.75) is 27.2 Å². The van der Waals surface area contributed by atoms with E-state index in [4.69, 9.17) is 9.47 Å². The zero-order chi connectivity index (χ0) is 23.8. The lowest BCUT2D eigenvalue weighted by atomic mass is 10.0. The van der Waals surface area contributed by atoms with E-state index >= 15 is 0 Å². The van der Waals surface area contributed by atoms with Crippen molar-refractivity contribution in [1.29, 1.82) is 0 Å². The largest absolute Gasteiger partial charge is 0.490 e. The van der Waals surface area contributed by atoms with Crippen LogP contribution in [0.2, 0.25) is 0 Å². The standard InChI is InChI=1S/C31H31O2S/c1-4-23(26-17-18-29(32-5-2)30(21-26)33-6-3)19-28-20-27(24-13-9-7-10-14-24)22-31(34-28)25-15-11-8-12-16-25/h7-22H,4-6H2,1-3H3/q+1. The minimum absolute atomic E-state index is 0.607. The van der Waals surface area contributed by atoms with Gasteiger partial charge < -0.3 is 9.47 Å². The first-order valence-corrected chi connectivity index (χ1v) is 12.7. The number of rotatable bonds is 9. The third-order valence-electron chi connectivity index (χ3n) is 5.59. The predicted octanol–water partition coefficient (Wildman–Crippen LogP) is 9.11. The second-order valence-electron chi connectivity index (χ2n) is 7.90. The minimum Gasteiger partial charge on any atom is -0.490 e. The Morgan fingerprint density at radius 2 is 1.32 bits per heavy atom. The third-order valence-corrected chi connectivity index (χ3v) is 6.63. The molecular weight excluding hydrogens is 436 g/mol. The van der Waals surface area contributed by atoms with Gasteiger partial charge >= 0.3 is 0 Å². The van der Waals surface area contributed by atoms with Crippen molar-refractivity contribution < 1.29 is 9.47 Å². The Balaban J connectivity index is 1.80. The normalized spacial score (nSPS) is 11.3. The second-order valence-corrected chi connectivity index (χ2v) is 9.01. The van der Waals surface area contributed by atoms with Crippen LogP contribution < -0.4 is 9.47 Å². The lowest BCUT2D eigenvalue weighted by molar-refractivity contribution is 0.287. The number of hydrogen-bond acceptors (Lipinski definition) is 2. The van der Waals surface area contributed by atoms with Crippen molar-refractivity contribution in [3.8, 4) is 33.1 Å². The summed E-state index contributed by atoms with van der Waals surface area (Å²) in [7, 11) is 0. The average molecular weight is 468 g/mol. The maximum absolute atomic E-state index is 5.88. The number of ether oxygens (including phenoxy) is 2. The Morgan fingerprint density at radius 1 is 0.676 bits per heavy atom. The minimum atomic E-state index is 0.607. The van der Waals surface area contributed by atoms with Gasteiger partial charge in [0.05, 0.1) is 13.2 Å². The van der Waals surface area contributed by atoms with Gasteiger partial charge in [0, 0.05) is 23.8 Å². The molecule has 0 aliphatic heterocycles. The van der Waals surface area contributed by atoms with Crippen LogP contribution in [0.3, 0.4) is 0 Å². The summed E-state index contributed by atoms with van der Waals surface area (Å²) in [6, 6.07) is 32.0.